The molecular formula is C14H10N4O7. The number of aromatic carboxylic acids is 1. The summed E-state index contributed by atoms with van der Waals surface area (Å²) in [5.74, 6) is -1.53. The molecule has 11 heteroatoms. The maximum atomic E-state index is 12.0. The van der Waals surface area contributed by atoms with Gasteiger partial charge in [0, 0.05) is 6.07 Å². The molecule has 2 aromatic rings. The molecule has 0 unspecified atom stereocenters. The molecule has 0 radical (unpaired) electrons. The van der Waals surface area contributed by atoms with Crippen molar-refractivity contribution in [2.45, 2.75) is 0 Å². The maximum absolute atomic E-state index is 12.0. The minimum atomic E-state index is -1.53. The normalized spacial score (nSPS) is 9.92. The first-order valence-electron chi connectivity index (χ1n) is 6.63. The summed E-state index contributed by atoms with van der Waals surface area (Å²) in [6, 6.07) is 7.69. The molecule has 0 atom stereocenters. The first-order chi connectivity index (χ1) is 11.8. The number of nitro benzene ring substituents is 2. The highest BCUT2D eigenvalue weighted by Crippen LogP contribution is 2.29. The van der Waals surface area contributed by atoms with Crippen LogP contribution in [0.4, 0.5) is 27.5 Å². The molecule has 0 aliphatic heterocycles. The number of nitrogens with one attached hydrogen (secondary N) is 2. The zero-order valence-corrected chi connectivity index (χ0v) is 12.3. The van der Waals surface area contributed by atoms with Gasteiger partial charge in [0.2, 0.25) is 0 Å². The van der Waals surface area contributed by atoms with Gasteiger partial charge in [0.25, 0.3) is 5.69 Å². The number of carboxylic acids is 1. The van der Waals surface area contributed by atoms with E-state index in [0.29, 0.717) is 0 Å². The number of amides is 2. The van der Waals surface area contributed by atoms with Crippen LogP contribution in [0, 0.1) is 20.2 Å². The number of carbonyl (C=O) groups excluding carboxylic acids is 1. The van der Waals surface area contributed by atoms with E-state index in [0.717, 1.165) is 12.1 Å². The van der Waals surface area contributed by atoms with E-state index in [4.69, 9.17) is 5.11 Å². The lowest BCUT2D eigenvalue weighted by Crippen LogP contribution is -2.21. The number of hydrogen-bond acceptors (Lipinski definition) is 6. The van der Waals surface area contributed by atoms with Gasteiger partial charge in [0.15, 0.2) is 0 Å². The van der Waals surface area contributed by atoms with Crippen molar-refractivity contribution in [3.8, 4) is 0 Å². The van der Waals surface area contributed by atoms with E-state index in [-0.39, 0.29) is 17.1 Å². The summed E-state index contributed by atoms with van der Waals surface area (Å²) in [5, 5.41) is 35.3. The zero-order valence-electron chi connectivity index (χ0n) is 12.3. The average molecular weight is 346 g/mol. The third kappa shape index (κ3) is 3.85. The Balaban J connectivity index is 2.31. The Hall–Kier alpha value is -4.02. The fourth-order valence-electron chi connectivity index (χ4n) is 2.03. The standard InChI is InChI=1S/C14H10N4O7/c19-13(20)8-4-3-6-10(12(8)18(24)25)16-14(21)15-9-5-1-2-7-11(9)17(22)23/h1-7H,(H,19,20)(H2,15,16,21). The number of urea groups is 1. The Bertz CT molecular complexity index is 881. The SMILES string of the molecule is O=C(Nc1ccccc1[N+](=O)[O-])Nc1cccc(C(=O)O)c1[N+](=O)[O-]. The van der Waals surface area contributed by atoms with E-state index in [1.165, 1.54) is 30.3 Å². The van der Waals surface area contributed by atoms with Crippen molar-refractivity contribution < 1.29 is 24.5 Å². The summed E-state index contributed by atoms with van der Waals surface area (Å²) in [7, 11) is 0. The summed E-state index contributed by atoms with van der Waals surface area (Å²) in [6.07, 6.45) is 0. The van der Waals surface area contributed by atoms with Gasteiger partial charge in [-0.15, -0.1) is 0 Å². The Morgan fingerprint density at radius 2 is 1.48 bits per heavy atom. The van der Waals surface area contributed by atoms with Crippen LogP contribution in [-0.2, 0) is 0 Å². The molecule has 0 saturated heterocycles. The molecule has 0 aliphatic rings. The van der Waals surface area contributed by atoms with Crippen molar-refractivity contribution >= 4 is 34.7 Å². The molecule has 0 aliphatic carbocycles. The quantitative estimate of drug-likeness (QED) is 0.553. The molecular weight excluding hydrogens is 336 g/mol. The van der Waals surface area contributed by atoms with Crippen molar-refractivity contribution in [1.82, 2.24) is 0 Å². The lowest BCUT2D eigenvalue weighted by Gasteiger charge is -2.09. The van der Waals surface area contributed by atoms with Crippen LogP contribution >= 0.6 is 0 Å². The van der Waals surface area contributed by atoms with E-state index in [1.807, 2.05) is 0 Å². The molecule has 2 rings (SSSR count). The number of anilines is 2. The topological polar surface area (TPSA) is 165 Å². The molecule has 0 aromatic heterocycles. The lowest BCUT2D eigenvalue weighted by molar-refractivity contribution is -0.384. The second-order valence-corrected chi connectivity index (χ2v) is 4.62. The first-order valence-corrected chi connectivity index (χ1v) is 6.63. The Morgan fingerprint density at radius 1 is 0.880 bits per heavy atom. The molecule has 11 nitrogen and oxygen atoms in total. The Morgan fingerprint density at radius 3 is 2.08 bits per heavy atom. The van der Waals surface area contributed by atoms with Crippen molar-refractivity contribution in [3.63, 3.8) is 0 Å². The number of carboxylic acid groups (broad SMARTS) is 1. The molecule has 0 heterocycles. The van der Waals surface area contributed by atoms with Gasteiger partial charge < -0.3 is 15.7 Å². The fourth-order valence-corrected chi connectivity index (χ4v) is 2.03. The molecule has 2 amide bonds. The highest BCUT2D eigenvalue weighted by molar-refractivity contribution is 6.04. The van der Waals surface area contributed by atoms with E-state index in [2.05, 4.69) is 10.6 Å². The molecule has 25 heavy (non-hydrogen) atoms. The summed E-state index contributed by atoms with van der Waals surface area (Å²) in [6.45, 7) is 0. The molecule has 3 N–H and O–H groups in total. The molecule has 128 valence electrons. The van der Waals surface area contributed by atoms with E-state index < -0.39 is 33.1 Å². The van der Waals surface area contributed by atoms with Gasteiger partial charge in [0.1, 0.15) is 16.9 Å². The maximum Gasteiger partial charge on any atom is 0.342 e. The second kappa shape index (κ2) is 7.04. The summed E-state index contributed by atoms with van der Waals surface area (Å²) >= 11 is 0. The minimum Gasteiger partial charge on any atom is -0.477 e. The van der Waals surface area contributed by atoms with Crippen LogP contribution < -0.4 is 10.6 Å². The highest BCUT2D eigenvalue weighted by Gasteiger charge is 2.25. The minimum absolute atomic E-state index is 0.123. The number of nitrogens with zero attached hydrogens (tertiary/aromatic N) is 2. The second-order valence-electron chi connectivity index (χ2n) is 4.62. The zero-order chi connectivity index (χ0) is 18.6. The first kappa shape index (κ1) is 17.3. The Kier molecular flexibility index (Phi) is 4.88. The van der Waals surface area contributed by atoms with Gasteiger partial charge in [-0.2, -0.15) is 0 Å². The third-order valence-corrected chi connectivity index (χ3v) is 3.05. The third-order valence-electron chi connectivity index (χ3n) is 3.05. The van der Waals surface area contributed by atoms with E-state index in [9.17, 15) is 29.8 Å². The summed E-state index contributed by atoms with van der Waals surface area (Å²) in [5.41, 5.74) is -2.25. The predicted molar refractivity (Wildman–Crippen MR) is 85.8 cm³/mol. The number of hydrogen-bond donors (Lipinski definition) is 3. The molecule has 0 saturated carbocycles. The monoisotopic (exact) mass is 346 g/mol. The Labute approximate surface area is 139 Å². The fraction of sp³-hybridized carbons (Fsp3) is 0. The van der Waals surface area contributed by atoms with Crippen LogP contribution in [0.1, 0.15) is 10.4 Å². The van der Waals surface area contributed by atoms with Crippen LogP contribution in [0.5, 0.6) is 0 Å². The summed E-state index contributed by atoms with van der Waals surface area (Å²) < 4.78 is 0. The number of nitro groups is 2. The van der Waals surface area contributed by atoms with Crippen molar-refractivity contribution in [3.05, 3.63) is 68.3 Å². The number of benzene rings is 2. The largest absolute Gasteiger partial charge is 0.477 e. The predicted octanol–water partition coefficient (Wildman–Crippen LogP) is 2.85. The van der Waals surface area contributed by atoms with Gasteiger partial charge in [-0.05, 0) is 18.2 Å². The number of rotatable bonds is 5. The lowest BCUT2D eigenvalue weighted by atomic mass is 10.1. The van der Waals surface area contributed by atoms with Crippen molar-refractivity contribution in [1.29, 1.82) is 0 Å². The van der Waals surface area contributed by atoms with Gasteiger partial charge in [-0.3, -0.25) is 20.2 Å². The van der Waals surface area contributed by atoms with Crippen LogP contribution in [0.15, 0.2) is 42.5 Å². The average Bonchev–Trinajstić information content (AvgIpc) is 2.54. The van der Waals surface area contributed by atoms with Gasteiger partial charge in [0.05, 0.1) is 9.85 Å². The number of carbonyl (C=O) groups is 2. The molecule has 0 fully saturated rings. The van der Waals surface area contributed by atoms with Gasteiger partial charge in [-0.1, -0.05) is 18.2 Å². The molecule has 2 aromatic carbocycles. The smallest absolute Gasteiger partial charge is 0.342 e. The van der Waals surface area contributed by atoms with E-state index in [1.54, 1.807) is 0 Å². The molecule has 0 bridgehead atoms. The van der Waals surface area contributed by atoms with Crippen LogP contribution in [-0.4, -0.2) is 27.0 Å². The van der Waals surface area contributed by atoms with Crippen molar-refractivity contribution in [2.75, 3.05) is 10.6 Å². The van der Waals surface area contributed by atoms with Gasteiger partial charge in [-0.25, -0.2) is 9.59 Å². The number of para-hydroxylation sites is 3. The van der Waals surface area contributed by atoms with Crippen LogP contribution in [0.3, 0.4) is 0 Å². The van der Waals surface area contributed by atoms with Crippen molar-refractivity contribution in [2.24, 2.45) is 0 Å². The summed E-state index contributed by atoms with van der Waals surface area (Å²) in [4.78, 5) is 43.4. The van der Waals surface area contributed by atoms with E-state index >= 15 is 0 Å². The molecule has 0 spiro atoms. The highest BCUT2D eigenvalue weighted by atomic mass is 16.6. The van der Waals surface area contributed by atoms with Crippen LogP contribution in [0.25, 0.3) is 0 Å². The van der Waals surface area contributed by atoms with Crippen LogP contribution in [0.2, 0.25) is 0 Å². The van der Waals surface area contributed by atoms with Gasteiger partial charge >= 0.3 is 17.7 Å².